The summed E-state index contributed by atoms with van der Waals surface area (Å²) in [6.45, 7) is 1.96. The number of phenolic OH excluding ortho intramolecular Hbond substituents is 1. The zero-order valence-corrected chi connectivity index (χ0v) is 15.9. The number of oxazole rings is 1. The van der Waals surface area contributed by atoms with Crippen LogP contribution in [0.5, 0.6) is 5.75 Å². The molecule has 6 heteroatoms. The van der Waals surface area contributed by atoms with Crippen LogP contribution in [0.1, 0.15) is 21.5 Å². The van der Waals surface area contributed by atoms with Crippen molar-refractivity contribution in [2.24, 2.45) is 4.99 Å². The van der Waals surface area contributed by atoms with Crippen LogP contribution < -0.4 is 0 Å². The van der Waals surface area contributed by atoms with E-state index < -0.39 is 0 Å². The van der Waals surface area contributed by atoms with Crippen molar-refractivity contribution in [3.8, 4) is 17.2 Å². The zero-order chi connectivity index (χ0) is 20.4. The number of esters is 1. The summed E-state index contributed by atoms with van der Waals surface area (Å²) in [6, 6.07) is 17.6. The SMILES string of the molecule is COC(=O)c1ccc(C=Nc2ccc(O)c(-c3nc4c(C)cccc4o3)c2)cc1. The normalized spacial score (nSPS) is 11.2. The van der Waals surface area contributed by atoms with E-state index in [1.807, 2.05) is 25.1 Å². The number of fused-ring (bicyclic) bond motifs is 1. The number of aromatic nitrogens is 1. The van der Waals surface area contributed by atoms with E-state index in [0.717, 1.165) is 16.6 Å². The number of aryl methyl sites for hydroxylation is 1. The molecule has 0 saturated heterocycles. The van der Waals surface area contributed by atoms with Crippen LogP contribution >= 0.6 is 0 Å². The highest BCUT2D eigenvalue weighted by Crippen LogP contribution is 2.34. The van der Waals surface area contributed by atoms with Crippen LogP contribution in [0.3, 0.4) is 0 Å². The van der Waals surface area contributed by atoms with Crippen LogP contribution in [-0.4, -0.2) is 29.4 Å². The standard InChI is InChI=1S/C23H18N2O4/c1-14-4-3-5-20-21(14)25-22(29-20)18-12-17(10-11-19(18)26)24-13-15-6-8-16(9-7-15)23(27)28-2/h3-13,26H,1-2H3. The van der Waals surface area contributed by atoms with Gasteiger partial charge in [0.15, 0.2) is 5.58 Å². The molecule has 29 heavy (non-hydrogen) atoms. The fourth-order valence-electron chi connectivity index (χ4n) is 2.95. The molecule has 0 spiro atoms. The molecule has 0 aliphatic heterocycles. The molecule has 0 amide bonds. The first-order valence-corrected chi connectivity index (χ1v) is 8.97. The van der Waals surface area contributed by atoms with Crippen LogP contribution in [0.15, 0.2) is 70.1 Å². The van der Waals surface area contributed by atoms with Gasteiger partial charge in [-0.3, -0.25) is 4.99 Å². The Bertz CT molecular complexity index is 1220. The first kappa shape index (κ1) is 18.4. The Morgan fingerprint density at radius 2 is 1.93 bits per heavy atom. The number of nitrogens with zero attached hydrogens (tertiary/aromatic N) is 2. The molecule has 6 nitrogen and oxygen atoms in total. The van der Waals surface area contributed by atoms with Crippen LogP contribution in [0.2, 0.25) is 0 Å². The van der Waals surface area contributed by atoms with Gasteiger partial charge in [-0.25, -0.2) is 9.78 Å². The van der Waals surface area contributed by atoms with Crippen molar-refractivity contribution in [2.75, 3.05) is 7.11 Å². The highest BCUT2D eigenvalue weighted by molar-refractivity contribution is 5.91. The molecule has 0 saturated carbocycles. The largest absolute Gasteiger partial charge is 0.507 e. The zero-order valence-electron chi connectivity index (χ0n) is 15.9. The molecule has 1 aromatic heterocycles. The van der Waals surface area contributed by atoms with Gasteiger partial charge in [0, 0.05) is 6.21 Å². The number of hydrogen-bond donors (Lipinski definition) is 1. The van der Waals surface area contributed by atoms with Gasteiger partial charge < -0.3 is 14.3 Å². The quantitative estimate of drug-likeness (QED) is 0.392. The van der Waals surface area contributed by atoms with Crippen LogP contribution in [0, 0.1) is 6.92 Å². The maximum absolute atomic E-state index is 11.5. The number of benzene rings is 3. The highest BCUT2D eigenvalue weighted by atomic mass is 16.5. The molecule has 0 bridgehead atoms. The van der Waals surface area contributed by atoms with Crippen LogP contribution in [0.25, 0.3) is 22.6 Å². The Morgan fingerprint density at radius 3 is 2.66 bits per heavy atom. The molecule has 1 heterocycles. The maximum atomic E-state index is 11.5. The summed E-state index contributed by atoms with van der Waals surface area (Å²) >= 11 is 0. The Labute approximate surface area is 167 Å². The topological polar surface area (TPSA) is 84.9 Å². The second-order valence-electron chi connectivity index (χ2n) is 6.51. The lowest BCUT2D eigenvalue weighted by Crippen LogP contribution is -2.00. The van der Waals surface area contributed by atoms with Crippen molar-refractivity contribution in [1.29, 1.82) is 0 Å². The van der Waals surface area contributed by atoms with E-state index in [2.05, 4.69) is 14.7 Å². The summed E-state index contributed by atoms with van der Waals surface area (Å²) in [5, 5.41) is 10.3. The minimum Gasteiger partial charge on any atom is -0.507 e. The van der Waals surface area contributed by atoms with Gasteiger partial charge in [0.25, 0.3) is 0 Å². The monoisotopic (exact) mass is 386 g/mol. The third-order valence-corrected chi connectivity index (χ3v) is 4.53. The number of aliphatic imine (C=N–C) groups is 1. The van der Waals surface area contributed by atoms with E-state index in [1.54, 1.807) is 48.7 Å². The summed E-state index contributed by atoms with van der Waals surface area (Å²) < 4.78 is 10.5. The summed E-state index contributed by atoms with van der Waals surface area (Å²) in [5.74, 6) is 0.0205. The molecule has 3 aromatic carbocycles. The lowest BCUT2D eigenvalue weighted by molar-refractivity contribution is 0.0600. The lowest BCUT2D eigenvalue weighted by Gasteiger charge is -2.02. The van der Waals surface area contributed by atoms with Crippen molar-refractivity contribution in [3.05, 3.63) is 77.4 Å². The fraction of sp³-hybridized carbons (Fsp3) is 0.0870. The number of rotatable bonds is 4. The molecule has 0 unspecified atom stereocenters. The minimum atomic E-state index is -0.384. The molecule has 144 valence electrons. The van der Waals surface area contributed by atoms with E-state index in [-0.39, 0.29) is 11.7 Å². The summed E-state index contributed by atoms with van der Waals surface area (Å²) in [5.41, 5.74) is 4.83. The molecule has 1 N–H and O–H groups in total. The van der Waals surface area contributed by atoms with Gasteiger partial charge in [-0.2, -0.15) is 0 Å². The second-order valence-corrected chi connectivity index (χ2v) is 6.51. The van der Waals surface area contributed by atoms with E-state index >= 15 is 0 Å². The lowest BCUT2D eigenvalue weighted by atomic mass is 10.1. The number of hydrogen-bond acceptors (Lipinski definition) is 6. The summed E-state index contributed by atoms with van der Waals surface area (Å²) in [7, 11) is 1.35. The van der Waals surface area contributed by atoms with Crippen LogP contribution in [-0.2, 0) is 4.74 Å². The van der Waals surface area contributed by atoms with Crippen molar-refractivity contribution >= 4 is 29.0 Å². The number of carbonyl (C=O) groups is 1. The first-order chi connectivity index (χ1) is 14.0. The second kappa shape index (κ2) is 7.59. The molecule has 0 atom stereocenters. The Balaban J connectivity index is 1.63. The smallest absolute Gasteiger partial charge is 0.337 e. The van der Waals surface area contributed by atoms with Crippen molar-refractivity contribution in [1.82, 2.24) is 4.98 Å². The number of ether oxygens (including phenoxy) is 1. The number of phenols is 1. The van der Waals surface area contributed by atoms with Gasteiger partial charge >= 0.3 is 5.97 Å². The molecule has 4 aromatic rings. The van der Waals surface area contributed by atoms with Gasteiger partial charge in [0.1, 0.15) is 11.3 Å². The third kappa shape index (κ3) is 3.73. The number of aromatic hydroxyl groups is 1. The molecule has 0 radical (unpaired) electrons. The number of carbonyl (C=O) groups excluding carboxylic acids is 1. The molecular weight excluding hydrogens is 368 g/mol. The average Bonchev–Trinajstić information content (AvgIpc) is 3.18. The van der Waals surface area contributed by atoms with E-state index in [4.69, 9.17) is 4.42 Å². The fourth-order valence-corrected chi connectivity index (χ4v) is 2.95. The number of para-hydroxylation sites is 1. The molecule has 0 aliphatic rings. The van der Waals surface area contributed by atoms with E-state index in [9.17, 15) is 9.90 Å². The van der Waals surface area contributed by atoms with Crippen molar-refractivity contribution in [2.45, 2.75) is 6.92 Å². The average molecular weight is 386 g/mol. The Hall–Kier alpha value is -3.93. The van der Waals surface area contributed by atoms with Gasteiger partial charge in [0.2, 0.25) is 5.89 Å². The highest BCUT2D eigenvalue weighted by Gasteiger charge is 2.14. The predicted molar refractivity (Wildman–Crippen MR) is 111 cm³/mol. The first-order valence-electron chi connectivity index (χ1n) is 8.97. The summed E-state index contributed by atoms with van der Waals surface area (Å²) in [4.78, 5) is 20.5. The maximum Gasteiger partial charge on any atom is 0.337 e. The van der Waals surface area contributed by atoms with Gasteiger partial charge in [-0.05, 0) is 54.4 Å². The van der Waals surface area contributed by atoms with Crippen molar-refractivity contribution in [3.63, 3.8) is 0 Å². The Morgan fingerprint density at radius 1 is 1.14 bits per heavy atom. The molecule has 0 aliphatic carbocycles. The third-order valence-electron chi connectivity index (χ3n) is 4.53. The summed E-state index contributed by atoms with van der Waals surface area (Å²) in [6.07, 6.45) is 1.67. The van der Waals surface area contributed by atoms with E-state index in [1.165, 1.54) is 7.11 Å². The van der Waals surface area contributed by atoms with Gasteiger partial charge in [0.05, 0.1) is 23.9 Å². The molecular formula is C23H18N2O4. The van der Waals surface area contributed by atoms with Crippen LogP contribution in [0.4, 0.5) is 5.69 Å². The van der Waals surface area contributed by atoms with Crippen molar-refractivity contribution < 1.29 is 19.1 Å². The number of methoxy groups -OCH3 is 1. The van der Waals surface area contributed by atoms with Gasteiger partial charge in [-0.1, -0.05) is 24.3 Å². The molecule has 4 rings (SSSR count). The predicted octanol–water partition coefficient (Wildman–Crippen LogP) is 5.05. The Kier molecular flexibility index (Phi) is 4.83. The van der Waals surface area contributed by atoms with E-state index in [0.29, 0.717) is 28.3 Å². The minimum absolute atomic E-state index is 0.0654. The molecule has 0 fully saturated rings. The van der Waals surface area contributed by atoms with Gasteiger partial charge in [-0.15, -0.1) is 0 Å².